The molecule has 0 atom stereocenters. The molecular weight excluding hydrogens is 216 g/mol. The van der Waals surface area contributed by atoms with E-state index in [1.807, 2.05) is 0 Å². The molecule has 1 rings (SSSR count). The zero-order valence-electron chi connectivity index (χ0n) is 8.64. The molecule has 0 radical (unpaired) electrons. The Balaban J connectivity index is 2.78. The molecule has 0 aliphatic carbocycles. The second-order valence-corrected chi connectivity index (χ2v) is 5.59. The van der Waals surface area contributed by atoms with Gasteiger partial charge in [-0.2, -0.15) is 0 Å². The zero-order valence-corrected chi connectivity index (χ0v) is 9.45. The molecule has 0 saturated carbocycles. The Kier molecular flexibility index (Phi) is 3.43. The van der Waals surface area contributed by atoms with E-state index in [0.29, 0.717) is 0 Å². The van der Waals surface area contributed by atoms with Gasteiger partial charge < -0.3 is 5.11 Å². The van der Waals surface area contributed by atoms with Gasteiger partial charge in [-0.05, 0) is 26.0 Å². The third-order valence-electron chi connectivity index (χ3n) is 1.64. The summed E-state index contributed by atoms with van der Waals surface area (Å²) in [5, 5.41) is 9.39. The van der Waals surface area contributed by atoms with Gasteiger partial charge in [0, 0.05) is 18.9 Å². The van der Waals surface area contributed by atoms with E-state index in [0.717, 1.165) is 0 Å². The minimum absolute atomic E-state index is 0.0375. The van der Waals surface area contributed by atoms with E-state index >= 15 is 0 Å². The van der Waals surface area contributed by atoms with Gasteiger partial charge in [-0.1, -0.05) is 0 Å². The van der Waals surface area contributed by atoms with Crippen LogP contribution in [0.2, 0.25) is 0 Å². The van der Waals surface area contributed by atoms with Crippen molar-refractivity contribution in [1.29, 1.82) is 0 Å². The Hall–Kier alpha value is -0.980. The average molecular weight is 230 g/mol. The van der Waals surface area contributed by atoms with Crippen LogP contribution in [0.25, 0.3) is 0 Å². The molecule has 0 bridgehead atoms. The lowest BCUT2D eigenvalue weighted by Gasteiger charge is -2.17. The SMILES string of the molecule is CC(C)(O)CNS(=O)(=O)c1cccnc1. The van der Waals surface area contributed by atoms with Crippen molar-refractivity contribution < 1.29 is 13.5 Å². The van der Waals surface area contributed by atoms with E-state index in [-0.39, 0.29) is 11.4 Å². The number of aliphatic hydroxyl groups is 1. The maximum absolute atomic E-state index is 11.6. The molecule has 2 N–H and O–H groups in total. The van der Waals surface area contributed by atoms with Crippen LogP contribution in [-0.2, 0) is 10.0 Å². The minimum atomic E-state index is -3.57. The highest BCUT2D eigenvalue weighted by Crippen LogP contribution is 2.07. The molecule has 1 aromatic heterocycles. The van der Waals surface area contributed by atoms with Gasteiger partial charge in [-0.3, -0.25) is 4.98 Å². The van der Waals surface area contributed by atoms with Crippen molar-refractivity contribution >= 4 is 10.0 Å². The van der Waals surface area contributed by atoms with E-state index in [2.05, 4.69) is 9.71 Å². The topological polar surface area (TPSA) is 79.3 Å². The fourth-order valence-electron chi connectivity index (χ4n) is 0.861. The number of aromatic nitrogens is 1. The van der Waals surface area contributed by atoms with Crippen molar-refractivity contribution in [3.8, 4) is 0 Å². The Morgan fingerprint density at radius 3 is 2.67 bits per heavy atom. The standard InChI is InChI=1S/C9H14N2O3S/c1-9(2,12)7-11-15(13,14)8-4-3-5-10-6-8/h3-6,11-12H,7H2,1-2H3. The van der Waals surface area contributed by atoms with Crippen molar-refractivity contribution in [2.75, 3.05) is 6.54 Å². The summed E-state index contributed by atoms with van der Waals surface area (Å²) in [6.07, 6.45) is 2.75. The summed E-state index contributed by atoms with van der Waals surface area (Å²) in [7, 11) is -3.57. The van der Waals surface area contributed by atoms with Gasteiger partial charge >= 0.3 is 0 Å². The third-order valence-corrected chi connectivity index (χ3v) is 3.03. The molecule has 0 aliphatic heterocycles. The van der Waals surface area contributed by atoms with Crippen LogP contribution in [-0.4, -0.2) is 30.7 Å². The predicted molar refractivity (Wildman–Crippen MR) is 55.7 cm³/mol. The molecule has 1 heterocycles. The first-order valence-corrected chi connectivity index (χ1v) is 5.92. The van der Waals surface area contributed by atoms with E-state index in [9.17, 15) is 13.5 Å². The Morgan fingerprint density at radius 1 is 1.53 bits per heavy atom. The minimum Gasteiger partial charge on any atom is -0.389 e. The van der Waals surface area contributed by atoms with Gasteiger partial charge in [0.1, 0.15) is 4.90 Å². The predicted octanol–water partition coefficient (Wildman–Crippen LogP) is 0.131. The highest BCUT2D eigenvalue weighted by atomic mass is 32.2. The smallest absolute Gasteiger partial charge is 0.242 e. The quantitative estimate of drug-likeness (QED) is 0.770. The van der Waals surface area contributed by atoms with Crippen molar-refractivity contribution in [3.05, 3.63) is 24.5 Å². The van der Waals surface area contributed by atoms with Crippen LogP contribution in [0.3, 0.4) is 0 Å². The van der Waals surface area contributed by atoms with E-state index in [1.54, 1.807) is 6.07 Å². The van der Waals surface area contributed by atoms with Crippen molar-refractivity contribution in [2.24, 2.45) is 0 Å². The second kappa shape index (κ2) is 4.26. The summed E-state index contributed by atoms with van der Waals surface area (Å²) < 4.78 is 25.5. The molecule has 5 nitrogen and oxygen atoms in total. The summed E-state index contributed by atoms with van der Waals surface area (Å²) in [4.78, 5) is 3.81. The van der Waals surface area contributed by atoms with Crippen molar-refractivity contribution in [2.45, 2.75) is 24.3 Å². The number of hydrogen-bond donors (Lipinski definition) is 2. The van der Waals surface area contributed by atoms with Gasteiger partial charge in [0.2, 0.25) is 10.0 Å². The number of pyridine rings is 1. The zero-order chi connectivity index (χ0) is 11.5. The highest BCUT2D eigenvalue weighted by molar-refractivity contribution is 7.89. The van der Waals surface area contributed by atoms with Crippen LogP contribution in [0.1, 0.15) is 13.8 Å². The first-order valence-electron chi connectivity index (χ1n) is 4.43. The Labute approximate surface area is 89.2 Å². The van der Waals surface area contributed by atoms with Gasteiger partial charge in [0.05, 0.1) is 5.60 Å². The first-order chi connectivity index (χ1) is 6.81. The van der Waals surface area contributed by atoms with Gasteiger partial charge in [-0.25, -0.2) is 13.1 Å². The van der Waals surface area contributed by atoms with Crippen LogP contribution in [0.4, 0.5) is 0 Å². The van der Waals surface area contributed by atoms with Crippen molar-refractivity contribution in [3.63, 3.8) is 0 Å². The molecular formula is C9H14N2O3S. The lowest BCUT2D eigenvalue weighted by Crippen LogP contribution is -2.38. The summed E-state index contributed by atoms with van der Waals surface area (Å²) in [5.74, 6) is 0. The summed E-state index contributed by atoms with van der Waals surface area (Å²) in [6, 6.07) is 2.98. The van der Waals surface area contributed by atoms with Gasteiger partial charge in [0.15, 0.2) is 0 Å². The maximum atomic E-state index is 11.6. The van der Waals surface area contributed by atoms with Gasteiger partial charge in [0.25, 0.3) is 0 Å². The normalized spacial score (nSPS) is 12.7. The van der Waals surface area contributed by atoms with Crippen molar-refractivity contribution in [1.82, 2.24) is 9.71 Å². The second-order valence-electron chi connectivity index (χ2n) is 3.83. The molecule has 0 fully saturated rings. The van der Waals surface area contributed by atoms with E-state index in [1.165, 1.54) is 32.3 Å². The van der Waals surface area contributed by atoms with Crippen LogP contribution in [0.5, 0.6) is 0 Å². The van der Waals surface area contributed by atoms with Crippen LogP contribution < -0.4 is 4.72 Å². The molecule has 84 valence electrons. The largest absolute Gasteiger partial charge is 0.389 e. The molecule has 0 aliphatic rings. The molecule has 15 heavy (non-hydrogen) atoms. The molecule has 6 heteroatoms. The fourth-order valence-corrected chi connectivity index (χ4v) is 2.03. The summed E-state index contributed by atoms with van der Waals surface area (Å²) in [5.41, 5.74) is -1.07. The summed E-state index contributed by atoms with van der Waals surface area (Å²) in [6.45, 7) is 3.02. The fraction of sp³-hybridized carbons (Fsp3) is 0.444. The van der Waals surface area contributed by atoms with Gasteiger partial charge in [-0.15, -0.1) is 0 Å². The molecule has 1 aromatic rings. The van der Waals surface area contributed by atoms with Crippen LogP contribution in [0, 0.1) is 0 Å². The number of hydrogen-bond acceptors (Lipinski definition) is 4. The van der Waals surface area contributed by atoms with Crippen LogP contribution in [0.15, 0.2) is 29.4 Å². The number of sulfonamides is 1. The Morgan fingerprint density at radius 2 is 2.20 bits per heavy atom. The number of rotatable bonds is 4. The molecule has 0 amide bonds. The number of nitrogens with one attached hydrogen (secondary N) is 1. The van der Waals surface area contributed by atoms with Crippen LogP contribution >= 0.6 is 0 Å². The molecule has 0 saturated heterocycles. The monoisotopic (exact) mass is 230 g/mol. The lowest BCUT2D eigenvalue weighted by atomic mass is 10.1. The molecule has 0 spiro atoms. The average Bonchev–Trinajstić information content (AvgIpc) is 2.16. The van der Waals surface area contributed by atoms with E-state index < -0.39 is 15.6 Å². The lowest BCUT2D eigenvalue weighted by molar-refractivity contribution is 0.0857. The third kappa shape index (κ3) is 3.94. The first kappa shape index (κ1) is 12.1. The maximum Gasteiger partial charge on any atom is 0.242 e. The Bertz CT molecular complexity index is 409. The number of nitrogens with zero attached hydrogens (tertiary/aromatic N) is 1. The van der Waals surface area contributed by atoms with E-state index in [4.69, 9.17) is 0 Å². The highest BCUT2D eigenvalue weighted by Gasteiger charge is 2.19. The summed E-state index contributed by atoms with van der Waals surface area (Å²) >= 11 is 0. The molecule has 0 unspecified atom stereocenters. The molecule has 0 aromatic carbocycles.